The van der Waals surface area contributed by atoms with E-state index in [-0.39, 0.29) is 0 Å². The summed E-state index contributed by atoms with van der Waals surface area (Å²) in [6.45, 7) is 1.05. The Labute approximate surface area is 175 Å². The minimum absolute atomic E-state index is 0.806. The van der Waals surface area contributed by atoms with Gasteiger partial charge < -0.3 is 15.6 Å². The Morgan fingerprint density at radius 3 is 1.86 bits per heavy atom. The molecule has 0 saturated heterocycles. The van der Waals surface area contributed by atoms with Crippen LogP contribution in [0.5, 0.6) is 0 Å². The van der Waals surface area contributed by atoms with Gasteiger partial charge in [-0.3, -0.25) is 9.59 Å². The van der Waals surface area contributed by atoms with Gasteiger partial charge in [0.25, 0.3) is 0 Å². The molecule has 0 radical (unpaired) electrons. The van der Waals surface area contributed by atoms with Crippen molar-refractivity contribution in [1.29, 1.82) is 0 Å². The lowest BCUT2D eigenvalue weighted by Gasteiger charge is -2.12. The van der Waals surface area contributed by atoms with Crippen LogP contribution in [0.4, 0.5) is 0 Å². The molecule has 3 N–H and O–H groups in total. The van der Waals surface area contributed by atoms with Crippen molar-refractivity contribution >= 4 is 17.7 Å². The molecule has 0 saturated carbocycles. The van der Waals surface area contributed by atoms with Gasteiger partial charge in [0.1, 0.15) is 6.42 Å². The summed E-state index contributed by atoms with van der Waals surface area (Å²) in [7, 11) is 0. The van der Waals surface area contributed by atoms with E-state index in [4.69, 9.17) is 15.3 Å². The number of nitrogens with one attached hydrogen (secondary N) is 1. The maximum absolute atomic E-state index is 9.43. The van der Waals surface area contributed by atoms with Crippen LogP contribution in [-0.4, -0.2) is 34.4 Å². The third kappa shape index (κ3) is 14.8. The van der Waals surface area contributed by atoms with Gasteiger partial charge in [0.05, 0.1) is 5.71 Å². The number of hydrogen-bond donors (Lipinski definition) is 3. The van der Waals surface area contributed by atoms with Crippen LogP contribution in [0.3, 0.4) is 0 Å². The fourth-order valence-corrected chi connectivity index (χ4v) is 3.76. The summed E-state index contributed by atoms with van der Waals surface area (Å²) >= 11 is 0. The van der Waals surface area contributed by atoms with Crippen LogP contribution in [-0.2, 0) is 9.59 Å². The molecule has 1 aliphatic heterocycles. The van der Waals surface area contributed by atoms with E-state index in [0.717, 1.165) is 6.54 Å². The summed E-state index contributed by atoms with van der Waals surface area (Å²) in [5, 5.41) is 20.2. The Bertz CT molecular complexity index is 483. The first kappa shape index (κ1) is 25.2. The summed E-state index contributed by atoms with van der Waals surface area (Å²) in [5.41, 5.74) is 6.29. The lowest BCUT2D eigenvalue weighted by Crippen LogP contribution is -2.14. The van der Waals surface area contributed by atoms with Crippen LogP contribution in [0.25, 0.3) is 0 Å². The fourth-order valence-electron chi connectivity index (χ4n) is 3.76. The number of allylic oxidation sites excluding steroid dienone is 2. The Kier molecular flexibility index (Phi) is 14.8. The van der Waals surface area contributed by atoms with Crippen LogP contribution in [0.1, 0.15) is 109 Å². The molecule has 6 heteroatoms. The average molecular weight is 409 g/mol. The second-order valence-electron chi connectivity index (χ2n) is 8.05. The van der Waals surface area contributed by atoms with E-state index in [1.165, 1.54) is 108 Å². The van der Waals surface area contributed by atoms with Gasteiger partial charge in [-0.15, -0.1) is 0 Å². The predicted octanol–water partition coefficient (Wildman–Crippen LogP) is 5.67. The summed E-state index contributed by atoms with van der Waals surface area (Å²) in [6.07, 6.45) is 23.4. The highest BCUT2D eigenvalue weighted by Gasteiger charge is 2.09. The first-order valence-corrected chi connectivity index (χ1v) is 11.5. The third-order valence-corrected chi connectivity index (χ3v) is 5.38. The van der Waals surface area contributed by atoms with Crippen molar-refractivity contribution in [1.82, 2.24) is 5.43 Å². The van der Waals surface area contributed by atoms with Gasteiger partial charge in [0.2, 0.25) is 0 Å². The van der Waals surface area contributed by atoms with Gasteiger partial charge in [0, 0.05) is 6.54 Å². The Balaban J connectivity index is 0.000000516. The minimum atomic E-state index is -1.31. The van der Waals surface area contributed by atoms with E-state index in [0.29, 0.717) is 0 Å². The van der Waals surface area contributed by atoms with E-state index >= 15 is 0 Å². The van der Waals surface area contributed by atoms with Crippen molar-refractivity contribution in [2.45, 2.75) is 109 Å². The second kappa shape index (κ2) is 17.0. The van der Waals surface area contributed by atoms with E-state index in [9.17, 15) is 9.59 Å². The summed E-state index contributed by atoms with van der Waals surface area (Å²) in [5.74, 6) is -2.62. The third-order valence-electron chi connectivity index (χ3n) is 5.38. The van der Waals surface area contributed by atoms with Crippen LogP contribution >= 0.6 is 0 Å². The Morgan fingerprint density at radius 2 is 1.28 bits per heavy atom. The molecule has 0 aromatic rings. The van der Waals surface area contributed by atoms with Crippen molar-refractivity contribution in [3.63, 3.8) is 0 Å². The number of hydrazone groups is 1. The van der Waals surface area contributed by atoms with Gasteiger partial charge in [0.15, 0.2) is 0 Å². The van der Waals surface area contributed by atoms with Gasteiger partial charge in [-0.25, -0.2) is 0 Å². The molecule has 6 nitrogen and oxygen atoms in total. The number of carbonyl (C=O) groups is 2. The van der Waals surface area contributed by atoms with Crippen molar-refractivity contribution < 1.29 is 19.8 Å². The highest BCUT2D eigenvalue weighted by atomic mass is 16.4. The molecule has 2 rings (SSSR count). The number of hydrogen-bond acceptors (Lipinski definition) is 4. The number of aliphatic carboxylic acids is 2. The molecule has 0 aromatic carbocycles. The van der Waals surface area contributed by atoms with Crippen LogP contribution in [0.2, 0.25) is 0 Å². The van der Waals surface area contributed by atoms with Crippen LogP contribution in [0, 0.1) is 0 Å². The van der Waals surface area contributed by atoms with E-state index < -0.39 is 18.4 Å². The molecule has 0 spiro atoms. The number of carboxylic acids is 2. The molecular weight excluding hydrogens is 368 g/mol. The first-order chi connectivity index (χ1) is 14.1. The van der Waals surface area contributed by atoms with Crippen molar-refractivity contribution in [3.05, 3.63) is 11.6 Å². The zero-order valence-corrected chi connectivity index (χ0v) is 18.0. The van der Waals surface area contributed by atoms with Gasteiger partial charge in [-0.1, -0.05) is 63.9 Å². The van der Waals surface area contributed by atoms with Gasteiger partial charge in [-0.2, -0.15) is 5.10 Å². The summed E-state index contributed by atoms with van der Waals surface area (Å²) in [4.78, 5) is 18.9. The van der Waals surface area contributed by atoms with Crippen molar-refractivity contribution in [3.8, 4) is 0 Å². The smallest absolute Gasteiger partial charge is 0.314 e. The van der Waals surface area contributed by atoms with Gasteiger partial charge in [-0.05, 0) is 50.5 Å². The second-order valence-corrected chi connectivity index (χ2v) is 8.05. The zero-order valence-electron chi connectivity index (χ0n) is 18.0. The molecule has 166 valence electrons. The number of carboxylic acid groups (broad SMARTS) is 2. The lowest BCUT2D eigenvalue weighted by atomic mass is 9.97. The molecule has 2 aliphatic rings. The summed E-state index contributed by atoms with van der Waals surface area (Å²) in [6, 6.07) is 0. The quantitative estimate of drug-likeness (QED) is 0.522. The zero-order chi connectivity index (χ0) is 21.2. The minimum Gasteiger partial charge on any atom is -0.481 e. The summed E-state index contributed by atoms with van der Waals surface area (Å²) < 4.78 is 0. The lowest BCUT2D eigenvalue weighted by molar-refractivity contribution is -0.147. The molecular formula is C23H40N2O4. The predicted molar refractivity (Wildman–Crippen MR) is 117 cm³/mol. The standard InChI is InChI=1S/C20H36N2.C3H4O4/c1-2-4-8-12-16-19(15-11-7-3-1)20-17-13-9-5-6-10-14-18-21-22-20;4-2(5)1-3(6)7/h15,21H,1-14,16-18H2;1H2,(H,4,5)(H,6,7)/b19-15+,22-20-;. The van der Waals surface area contributed by atoms with Crippen LogP contribution in [0.15, 0.2) is 16.8 Å². The fraction of sp³-hybridized carbons (Fsp3) is 0.783. The molecule has 0 atom stereocenters. The maximum Gasteiger partial charge on any atom is 0.314 e. The number of nitrogens with zero attached hydrogens (tertiary/aromatic N) is 1. The van der Waals surface area contributed by atoms with E-state index in [2.05, 4.69) is 11.5 Å². The molecule has 1 heterocycles. The average Bonchev–Trinajstić information content (AvgIpc) is 2.77. The highest BCUT2D eigenvalue weighted by molar-refractivity contribution is 5.99. The molecule has 1 aliphatic carbocycles. The topological polar surface area (TPSA) is 99.0 Å². The Morgan fingerprint density at radius 1 is 0.759 bits per heavy atom. The van der Waals surface area contributed by atoms with E-state index in [1.54, 1.807) is 5.57 Å². The SMILES string of the molecule is C1=C(/C2=N\NCCCCCCCC2)CCCCCCCCC/1.O=C(O)CC(=O)O. The van der Waals surface area contributed by atoms with E-state index in [1.807, 2.05) is 0 Å². The molecule has 0 fully saturated rings. The van der Waals surface area contributed by atoms with Gasteiger partial charge >= 0.3 is 11.9 Å². The van der Waals surface area contributed by atoms with Crippen molar-refractivity contribution in [2.75, 3.05) is 6.54 Å². The molecule has 0 aromatic heterocycles. The monoisotopic (exact) mass is 408 g/mol. The number of rotatable bonds is 3. The molecule has 0 unspecified atom stereocenters. The largest absolute Gasteiger partial charge is 0.481 e. The normalized spacial score (nSPS) is 23.7. The Hall–Kier alpha value is -1.85. The maximum atomic E-state index is 9.43. The highest BCUT2D eigenvalue weighted by Crippen LogP contribution is 2.20. The van der Waals surface area contributed by atoms with Crippen molar-refractivity contribution in [2.24, 2.45) is 5.10 Å². The molecule has 0 amide bonds. The molecule has 0 bridgehead atoms. The van der Waals surface area contributed by atoms with Crippen LogP contribution < -0.4 is 5.43 Å². The first-order valence-electron chi connectivity index (χ1n) is 11.5. The molecule has 29 heavy (non-hydrogen) atoms.